The summed E-state index contributed by atoms with van der Waals surface area (Å²) in [5, 5.41) is 7.45. The van der Waals surface area contributed by atoms with E-state index in [1.807, 2.05) is 32.0 Å². The number of carbonyl (C=O) groups excluding carboxylic acids is 1. The van der Waals surface area contributed by atoms with Crippen molar-refractivity contribution in [3.05, 3.63) is 22.7 Å². The molecule has 2 rings (SSSR count). The van der Waals surface area contributed by atoms with Crippen LogP contribution in [0.15, 0.2) is 27.2 Å². The number of halogens is 1. The highest BCUT2D eigenvalue weighted by molar-refractivity contribution is 9.10. The molecule has 0 aliphatic heterocycles. The highest BCUT2D eigenvalue weighted by atomic mass is 79.9. The molecular weight excluding hydrogens is 284 g/mol. The maximum Gasteiger partial charge on any atom is 0.228 e. The summed E-state index contributed by atoms with van der Waals surface area (Å²) in [5.74, 6) is 0.406. The number of carbonyl (C=O) groups is 1. The van der Waals surface area contributed by atoms with Crippen LogP contribution < -0.4 is 5.32 Å². The minimum Gasteiger partial charge on any atom is -0.354 e. The molecule has 17 heavy (non-hydrogen) atoms. The second-order valence-electron chi connectivity index (χ2n) is 3.97. The van der Waals surface area contributed by atoms with Gasteiger partial charge < -0.3 is 9.84 Å². The van der Waals surface area contributed by atoms with Crippen LogP contribution in [0.3, 0.4) is 0 Å². The fraction of sp³-hybridized carbons (Fsp3) is 0.333. The fourth-order valence-electron chi connectivity index (χ4n) is 1.43. The quantitative estimate of drug-likeness (QED) is 0.942. The van der Waals surface area contributed by atoms with Gasteiger partial charge in [-0.3, -0.25) is 4.79 Å². The maximum absolute atomic E-state index is 11.8. The Labute approximate surface area is 107 Å². The monoisotopic (exact) mass is 296 g/mol. The first-order valence-electron chi connectivity index (χ1n) is 5.47. The lowest BCUT2D eigenvalue weighted by molar-refractivity contribution is -0.119. The third-order valence-corrected chi connectivity index (χ3v) is 3.23. The molecule has 0 spiro atoms. The molecule has 1 aromatic carbocycles. The van der Waals surface area contributed by atoms with Gasteiger partial charge in [-0.05, 0) is 24.6 Å². The van der Waals surface area contributed by atoms with E-state index in [0.29, 0.717) is 11.4 Å². The molecule has 1 unspecified atom stereocenters. The van der Waals surface area contributed by atoms with Crippen molar-refractivity contribution in [3.8, 4) is 0 Å². The van der Waals surface area contributed by atoms with Gasteiger partial charge in [0, 0.05) is 10.4 Å². The van der Waals surface area contributed by atoms with Crippen LogP contribution in [0.1, 0.15) is 20.3 Å². The molecule has 0 bridgehead atoms. The summed E-state index contributed by atoms with van der Waals surface area (Å²) in [4.78, 5) is 11.8. The lowest BCUT2D eigenvalue weighted by Crippen LogP contribution is -2.19. The van der Waals surface area contributed by atoms with E-state index in [1.54, 1.807) is 0 Å². The van der Waals surface area contributed by atoms with Crippen molar-refractivity contribution in [1.29, 1.82) is 0 Å². The Morgan fingerprint density at radius 2 is 2.35 bits per heavy atom. The molecule has 0 saturated heterocycles. The molecule has 5 heteroatoms. The number of fused-ring (bicyclic) bond motifs is 1. The molecule has 1 atom stereocenters. The van der Waals surface area contributed by atoms with Gasteiger partial charge in [0.25, 0.3) is 0 Å². The topological polar surface area (TPSA) is 55.1 Å². The van der Waals surface area contributed by atoms with Gasteiger partial charge in [-0.25, -0.2) is 0 Å². The van der Waals surface area contributed by atoms with Crippen molar-refractivity contribution in [1.82, 2.24) is 5.16 Å². The predicted molar refractivity (Wildman–Crippen MR) is 69.8 cm³/mol. The largest absolute Gasteiger partial charge is 0.354 e. The van der Waals surface area contributed by atoms with Crippen LogP contribution in [-0.4, -0.2) is 11.1 Å². The summed E-state index contributed by atoms with van der Waals surface area (Å²) in [7, 11) is 0. The summed E-state index contributed by atoms with van der Waals surface area (Å²) in [6.07, 6.45) is 0.797. The first-order chi connectivity index (χ1) is 8.11. The fourth-order valence-corrected chi connectivity index (χ4v) is 1.79. The summed E-state index contributed by atoms with van der Waals surface area (Å²) in [6.45, 7) is 3.86. The van der Waals surface area contributed by atoms with E-state index in [1.165, 1.54) is 0 Å². The molecule has 1 amide bonds. The highest BCUT2D eigenvalue weighted by Crippen LogP contribution is 2.26. The molecule has 0 radical (unpaired) electrons. The normalized spacial score (nSPS) is 12.6. The van der Waals surface area contributed by atoms with Crippen LogP contribution in [0.25, 0.3) is 11.0 Å². The molecule has 0 saturated carbocycles. The van der Waals surface area contributed by atoms with E-state index in [0.717, 1.165) is 16.3 Å². The minimum atomic E-state index is -0.0392. The van der Waals surface area contributed by atoms with E-state index >= 15 is 0 Å². The number of hydrogen-bond acceptors (Lipinski definition) is 3. The molecule has 4 nitrogen and oxygen atoms in total. The number of nitrogens with one attached hydrogen (secondary N) is 1. The van der Waals surface area contributed by atoms with Crippen molar-refractivity contribution >= 4 is 38.6 Å². The van der Waals surface area contributed by atoms with Gasteiger partial charge in [-0.15, -0.1) is 0 Å². The lowest BCUT2D eigenvalue weighted by Gasteiger charge is -2.07. The third-order valence-electron chi connectivity index (χ3n) is 2.73. The SMILES string of the molecule is CCC(C)C(=O)Nc1noc2ccc(Br)cc12. The summed E-state index contributed by atoms with van der Waals surface area (Å²) in [6, 6.07) is 5.55. The van der Waals surface area contributed by atoms with Gasteiger partial charge in [0.2, 0.25) is 5.91 Å². The Hall–Kier alpha value is -1.36. The zero-order chi connectivity index (χ0) is 12.4. The second-order valence-corrected chi connectivity index (χ2v) is 4.89. The molecule has 2 aromatic rings. The molecule has 1 aromatic heterocycles. The molecule has 0 aliphatic rings. The number of benzene rings is 1. The van der Waals surface area contributed by atoms with Gasteiger partial charge in [-0.2, -0.15) is 0 Å². The number of nitrogens with zero attached hydrogens (tertiary/aromatic N) is 1. The number of aromatic nitrogens is 1. The zero-order valence-electron chi connectivity index (χ0n) is 9.66. The van der Waals surface area contributed by atoms with Gasteiger partial charge in [0.1, 0.15) is 0 Å². The van der Waals surface area contributed by atoms with Crippen molar-refractivity contribution in [2.45, 2.75) is 20.3 Å². The maximum atomic E-state index is 11.8. The van der Waals surface area contributed by atoms with Crippen molar-refractivity contribution in [2.75, 3.05) is 5.32 Å². The highest BCUT2D eigenvalue weighted by Gasteiger charge is 2.15. The molecule has 1 heterocycles. The first kappa shape index (κ1) is 12.1. The van der Waals surface area contributed by atoms with Crippen LogP contribution in [0.2, 0.25) is 0 Å². The van der Waals surface area contributed by atoms with E-state index in [2.05, 4.69) is 26.4 Å². The number of hydrogen-bond donors (Lipinski definition) is 1. The summed E-state index contributed by atoms with van der Waals surface area (Å²) >= 11 is 3.38. The number of anilines is 1. The Morgan fingerprint density at radius 3 is 3.06 bits per heavy atom. The number of amides is 1. The van der Waals surface area contributed by atoms with Crippen LogP contribution in [-0.2, 0) is 4.79 Å². The smallest absolute Gasteiger partial charge is 0.228 e. The van der Waals surface area contributed by atoms with Crippen molar-refractivity contribution < 1.29 is 9.32 Å². The minimum absolute atomic E-state index is 0.0334. The summed E-state index contributed by atoms with van der Waals surface area (Å²) < 4.78 is 6.06. The molecule has 1 N–H and O–H groups in total. The zero-order valence-corrected chi connectivity index (χ0v) is 11.2. The van der Waals surface area contributed by atoms with Gasteiger partial charge >= 0.3 is 0 Å². The van der Waals surface area contributed by atoms with Gasteiger partial charge in [-0.1, -0.05) is 34.9 Å². The standard InChI is InChI=1S/C12H13BrN2O2/c1-3-7(2)12(16)14-11-9-6-8(13)4-5-10(9)17-15-11/h4-7H,3H2,1-2H3,(H,14,15,16). The number of rotatable bonds is 3. The predicted octanol–water partition coefficient (Wildman–Crippen LogP) is 3.57. The summed E-state index contributed by atoms with van der Waals surface area (Å²) in [5.41, 5.74) is 0.660. The third kappa shape index (κ3) is 2.49. The second kappa shape index (κ2) is 4.87. The van der Waals surface area contributed by atoms with Gasteiger partial charge in [0.15, 0.2) is 11.4 Å². The molecule has 0 aliphatic carbocycles. The van der Waals surface area contributed by atoms with Crippen LogP contribution >= 0.6 is 15.9 Å². The Kier molecular flexibility index (Phi) is 3.47. The average Bonchev–Trinajstić information content (AvgIpc) is 2.71. The van der Waals surface area contributed by atoms with E-state index in [4.69, 9.17) is 4.52 Å². The Bertz CT molecular complexity index is 550. The van der Waals surface area contributed by atoms with Crippen LogP contribution in [0, 0.1) is 5.92 Å². The van der Waals surface area contributed by atoms with E-state index < -0.39 is 0 Å². The van der Waals surface area contributed by atoms with Crippen molar-refractivity contribution in [3.63, 3.8) is 0 Å². The van der Waals surface area contributed by atoms with Crippen LogP contribution in [0.4, 0.5) is 5.82 Å². The Morgan fingerprint density at radius 1 is 1.59 bits per heavy atom. The van der Waals surface area contributed by atoms with Crippen LogP contribution in [0.5, 0.6) is 0 Å². The Balaban J connectivity index is 2.30. The van der Waals surface area contributed by atoms with E-state index in [9.17, 15) is 4.79 Å². The first-order valence-corrected chi connectivity index (χ1v) is 6.27. The molecular formula is C12H13BrN2O2. The van der Waals surface area contributed by atoms with Gasteiger partial charge in [0.05, 0.1) is 5.39 Å². The van der Waals surface area contributed by atoms with Crippen molar-refractivity contribution in [2.24, 2.45) is 5.92 Å². The molecule has 0 fully saturated rings. The average molecular weight is 297 g/mol. The van der Waals surface area contributed by atoms with E-state index in [-0.39, 0.29) is 11.8 Å². The molecule has 90 valence electrons. The lowest BCUT2D eigenvalue weighted by atomic mass is 10.1.